The van der Waals surface area contributed by atoms with Crippen LogP contribution in [0.15, 0.2) is 24.5 Å². The first-order chi connectivity index (χ1) is 9.86. The van der Waals surface area contributed by atoms with Crippen molar-refractivity contribution in [2.24, 2.45) is 0 Å². The van der Waals surface area contributed by atoms with E-state index in [9.17, 15) is 0 Å². The zero-order valence-corrected chi connectivity index (χ0v) is 12.1. The molecule has 2 heterocycles. The van der Waals surface area contributed by atoms with E-state index in [0.717, 1.165) is 18.8 Å². The number of hydrogen-bond acceptors (Lipinski definition) is 3. The molecular weight excluding hydrogens is 250 g/mol. The molecule has 1 aliphatic rings. The Morgan fingerprint density at radius 1 is 1.25 bits per heavy atom. The van der Waals surface area contributed by atoms with Gasteiger partial charge in [0.2, 0.25) is 0 Å². The third-order valence-electron chi connectivity index (χ3n) is 4.09. The third kappa shape index (κ3) is 2.93. The van der Waals surface area contributed by atoms with Crippen molar-refractivity contribution >= 4 is 0 Å². The third-order valence-corrected chi connectivity index (χ3v) is 4.09. The van der Waals surface area contributed by atoms with Crippen LogP contribution in [0, 0.1) is 0 Å². The molecule has 5 nitrogen and oxygen atoms in total. The summed E-state index contributed by atoms with van der Waals surface area (Å²) in [4.78, 5) is 0. The molecular formula is C15H23N5. The first kappa shape index (κ1) is 13.4. The highest BCUT2D eigenvalue weighted by molar-refractivity contribution is 5.06. The van der Waals surface area contributed by atoms with Gasteiger partial charge in [0.25, 0.3) is 0 Å². The Kier molecular flexibility index (Phi) is 4.16. The minimum atomic E-state index is 0.604. The normalized spacial score (nSPS) is 16.6. The number of aromatic nitrogens is 4. The molecule has 1 fully saturated rings. The second-order valence-electron chi connectivity index (χ2n) is 5.59. The first-order valence-corrected chi connectivity index (χ1v) is 7.56. The highest BCUT2D eigenvalue weighted by Crippen LogP contribution is 2.27. The number of nitrogens with zero attached hydrogens (tertiary/aromatic N) is 4. The van der Waals surface area contributed by atoms with Crippen LogP contribution < -0.4 is 5.32 Å². The van der Waals surface area contributed by atoms with Crippen molar-refractivity contribution < 1.29 is 0 Å². The molecule has 2 aromatic heterocycles. The van der Waals surface area contributed by atoms with Crippen LogP contribution in [0.1, 0.15) is 49.5 Å². The molecule has 0 atom stereocenters. The Balaban J connectivity index is 1.68. The molecule has 0 spiro atoms. The summed E-state index contributed by atoms with van der Waals surface area (Å²) in [6.45, 7) is 1.59. The van der Waals surface area contributed by atoms with Crippen LogP contribution in [0.4, 0.5) is 0 Å². The van der Waals surface area contributed by atoms with E-state index >= 15 is 0 Å². The highest BCUT2D eigenvalue weighted by Gasteiger charge is 2.16. The lowest BCUT2D eigenvalue weighted by atomic mass is 9.96. The van der Waals surface area contributed by atoms with E-state index < -0.39 is 0 Å². The van der Waals surface area contributed by atoms with E-state index in [0.29, 0.717) is 6.04 Å². The predicted octanol–water partition coefficient (Wildman–Crippen LogP) is 2.35. The monoisotopic (exact) mass is 273 g/mol. The van der Waals surface area contributed by atoms with E-state index in [4.69, 9.17) is 5.10 Å². The van der Waals surface area contributed by atoms with Gasteiger partial charge < -0.3 is 5.32 Å². The second kappa shape index (κ2) is 6.22. The highest BCUT2D eigenvalue weighted by atomic mass is 15.3. The maximum atomic E-state index is 4.75. The van der Waals surface area contributed by atoms with Crippen molar-refractivity contribution in [3.63, 3.8) is 0 Å². The lowest BCUT2D eigenvalue weighted by Crippen LogP contribution is -2.15. The zero-order chi connectivity index (χ0) is 13.8. The largest absolute Gasteiger partial charge is 0.314 e. The van der Waals surface area contributed by atoms with Crippen molar-refractivity contribution in [3.8, 4) is 0 Å². The molecule has 0 radical (unpaired) electrons. The number of nitrogens with one attached hydrogen (secondary N) is 1. The topological polar surface area (TPSA) is 47.7 Å². The quantitative estimate of drug-likeness (QED) is 0.909. The van der Waals surface area contributed by atoms with Gasteiger partial charge in [-0.2, -0.15) is 10.2 Å². The van der Waals surface area contributed by atoms with Gasteiger partial charge in [0.05, 0.1) is 24.0 Å². The maximum Gasteiger partial charge on any atom is 0.0853 e. The zero-order valence-electron chi connectivity index (χ0n) is 12.1. The minimum Gasteiger partial charge on any atom is -0.314 e. The number of hydrogen-bond donors (Lipinski definition) is 1. The SMILES string of the molecule is CNCc1ccnn1Cc1ccn(C2CCCCC2)n1. The fourth-order valence-electron chi connectivity index (χ4n) is 3.00. The van der Waals surface area contributed by atoms with Crippen LogP contribution in [-0.4, -0.2) is 26.6 Å². The average Bonchev–Trinajstić information content (AvgIpc) is 3.11. The second-order valence-corrected chi connectivity index (χ2v) is 5.59. The Morgan fingerprint density at radius 2 is 2.10 bits per heavy atom. The van der Waals surface area contributed by atoms with Crippen LogP contribution in [-0.2, 0) is 13.1 Å². The molecule has 0 aliphatic heterocycles. The van der Waals surface area contributed by atoms with Crippen LogP contribution in [0.3, 0.4) is 0 Å². The van der Waals surface area contributed by atoms with Gasteiger partial charge >= 0.3 is 0 Å². The molecule has 1 aliphatic carbocycles. The Morgan fingerprint density at radius 3 is 2.90 bits per heavy atom. The molecule has 3 rings (SSSR count). The average molecular weight is 273 g/mol. The minimum absolute atomic E-state index is 0.604. The molecule has 0 amide bonds. The van der Waals surface area contributed by atoms with Gasteiger partial charge in [-0.15, -0.1) is 0 Å². The standard InChI is InChI=1S/C15H23N5/c1-16-11-15-7-9-17-20(15)12-13-8-10-19(18-13)14-5-3-2-4-6-14/h7-10,14,16H,2-6,11-12H2,1H3. The van der Waals surface area contributed by atoms with Crippen LogP contribution in [0.25, 0.3) is 0 Å². The van der Waals surface area contributed by atoms with Crippen molar-refractivity contribution in [2.45, 2.75) is 51.2 Å². The summed E-state index contributed by atoms with van der Waals surface area (Å²) in [6.07, 6.45) is 10.6. The predicted molar refractivity (Wildman–Crippen MR) is 78.4 cm³/mol. The van der Waals surface area contributed by atoms with Gasteiger partial charge in [-0.1, -0.05) is 19.3 Å². The Hall–Kier alpha value is -1.62. The van der Waals surface area contributed by atoms with Crippen molar-refractivity contribution in [3.05, 3.63) is 35.9 Å². The van der Waals surface area contributed by atoms with Crippen molar-refractivity contribution in [2.75, 3.05) is 7.05 Å². The molecule has 0 aromatic carbocycles. The molecule has 0 bridgehead atoms. The van der Waals surface area contributed by atoms with Gasteiger partial charge in [0.15, 0.2) is 0 Å². The summed E-state index contributed by atoms with van der Waals surface area (Å²) in [5, 5.41) is 12.3. The smallest absolute Gasteiger partial charge is 0.0853 e. The first-order valence-electron chi connectivity index (χ1n) is 7.56. The molecule has 5 heteroatoms. The molecule has 2 aromatic rings. The summed E-state index contributed by atoms with van der Waals surface area (Å²) >= 11 is 0. The molecule has 20 heavy (non-hydrogen) atoms. The van der Waals surface area contributed by atoms with Crippen molar-refractivity contribution in [1.82, 2.24) is 24.9 Å². The van der Waals surface area contributed by atoms with E-state index in [2.05, 4.69) is 33.4 Å². The van der Waals surface area contributed by atoms with E-state index in [1.165, 1.54) is 37.8 Å². The van der Waals surface area contributed by atoms with Gasteiger partial charge in [0.1, 0.15) is 0 Å². The molecule has 0 unspecified atom stereocenters. The maximum absolute atomic E-state index is 4.75. The molecule has 1 N–H and O–H groups in total. The number of rotatable bonds is 5. The van der Waals surface area contributed by atoms with Gasteiger partial charge in [-0.05, 0) is 32.0 Å². The molecule has 1 saturated carbocycles. The van der Waals surface area contributed by atoms with E-state index in [1.54, 1.807) is 0 Å². The summed E-state index contributed by atoms with van der Waals surface area (Å²) in [5.74, 6) is 0. The van der Waals surface area contributed by atoms with Gasteiger partial charge in [0, 0.05) is 18.9 Å². The summed E-state index contributed by atoms with van der Waals surface area (Å²) < 4.78 is 4.18. The lowest BCUT2D eigenvalue weighted by Gasteiger charge is -2.21. The van der Waals surface area contributed by atoms with E-state index in [-0.39, 0.29) is 0 Å². The Labute approximate surface area is 120 Å². The van der Waals surface area contributed by atoms with E-state index in [1.807, 2.05) is 17.9 Å². The fourth-order valence-corrected chi connectivity index (χ4v) is 3.00. The van der Waals surface area contributed by atoms with Gasteiger partial charge in [-0.25, -0.2) is 0 Å². The summed E-state index contributed by atoms with van der Waals surface area (Å²) in [6, 6.07) is 4.78. The van der Waals surface area contributed by atoms with Crippen LogP contribution >= 0.6 is 0 Å². The lowest BCUT2D eigenvalue weighted by molar-refractivity contribution is 0.327. The van der Waals surface area contributed by atoms with Gasteiger partial charge in [-0.3, -0.25) is 9.36 Å². The van der Waals surface area contributed by atoms with Crippen LogP contribution in [0.5, 0.6) is 0 Å². The van der Waals surface area contributed by atoms with Crippen LogP contribution in [0.2, 0.25) is 0 Å². The summed E-state index contributed by atoms with van der Waals surface area (Å²) in [5.41, 5.74) is 2.29. The molecule has 108 valence electrons. The summed E-state index contributed by atoms with van der Waals surface area (Å²) in [7, 11) is 1.95. The Bertz CT molecular complexity index is 536. The molecule has 0 saturated heterocycles. The van der Waals surface area contributed by atoms with Crippen molar-refractivity contribution in [1.29, 1.82) is 0 Å². The fraction of sp³-hybridized carbons (Fsp3) is 0.600.